The highest BCUT2D eigenvalue weighted by molar-refractivity contribution is 7.10. The lowest BCUT2D eigenvalue weighted by atomic mass is 10.3. The van der Waals surface area contributed by atoms with E-state index in [1.165, 1.54) is 24.3 Å². The number of thiophene rings is 1. The third kappa shape index (κ3) is 1.55. The Morgan fingerprint density at radius 2 is 2.45 bits per heavy atom. The van der Waals surface area contributed by atoms with E-state index in [1.807, 2.05) is 0 Å². The van der Waals surface area contributed by atoms with Gasteiger partial charge < -0.3 is 5.11 Å². The minimum absolute atomic E-state index is 0.00463. The number of aliphatic hydroxyl groups is 1. The summed E-state index contributed by atoms with van der Waals surface area (Å²) < 4.78 is 0. The fourth-order valence-corrected chi connectivity index (χ4v) is 1.58. The third-order valence-electron chi connectivity index (χ3n) is 1.25. The molecule has 0 aliphatic heterocycles. The third-order valence-corrected chi connectivity index (χ3v) is 2.33. The largest absolute Gasteiger partial charge is 0.388 e. The van der Waals surface area contributed by atoms with Gasteiger partial charge in [0.05, 0.1) is 11.0 Å². The molecule has 5 heteroatoms. The van der Waals surface area contributed by atoms with Gasteiger partial charge in [0.25, 0.3) is 5.69 Å². The molecule has 0 unspecified atom stereocenters. The lowest BCUT2D eigenvalue weighted by Crippen LogP contribution is -1.93. The minimum atomic E-state index is -0.754. The predicted octanol–water partition coefficient (Wildman–Crippen LogP) is 1.71. The number of hydrogen-bond donors (Lipinski definition) is 1. The van der Waals surface area contributed by atoms with Gasteiger partial charge in [-0.05, 0) is 12.3 Å². The second-order valence-corrected chi connectivity index (χ2v) is 3.05. The molecule has 0 amide bonds. The topological polar surface area (TPSA) is 63.4 Å². The Morgan fingerprint density at radius 1 is 1.82 bits per heavy atom. The number of nitrogens with zero attached hydrogens (tertiary/aromatic N) is 1. The van der Waals surface area contributed by atoms with Gasteiger partial charge >= 0.3 is 0 Å². The Kier molecular flexibility index (Phi) is 2.21. The molecule has 0 aromatic carbocycles. The van der Waals surface area contributed by atoms with Crippen molar-refractivity contribution in [2.24, 2.45) is 0 Å². The predicted molar refractivity (Wildman–Crippen MR) is 41.6 cm³/mol. The van der Waals surface area contributed by atoms with Crippen LogP contribution < -0.4 is 0 Å². The van der Waals surface area contributed by atoms with E-state index < -0.39 is 11.0 Å². The van der Waals surface area contributed by atoms with Gasteiger partial charge in [-0.1, -0.05) is 0 Å². The lowest BCUT2D eigenvalue weighted by molar-refractivity contribution is -0.385. The van der Waals surface area contributed by atoms with Crippen LogP contribution >= 0.6 is 11.3 Å². The van der Waals surface area contributed by atoms with Crippen LogP contribution in [0.25, 0.3) is 0 Å². The van der Waals surface area contributed by atoms with Gasteiger partial charge in [-0.25, -0.2) is 0 Å². The number of nitro groups is 1. The van der Waals surface area contributed by atoms with Gasteiger partial charge in [0.1, 0.15) is 4.88 Å². The molecule has 1 atom stereocenters. The second-order valence-electron chi connectivity index (χ2n) is 2.10. The Hall–Kier alpha value is -0.940. The normalized spacial score (nSPS) is 12.9. The fraction of sp³-hybridized carbons (Fsp3) is 0.333. The van der Waals surface area contributed by atoms with Crippen LogP contribution in [-0.4, -0.2) is 10.0 Å². The molecule has 0 bridgehead atoms. The molecule has 1 rings (SSSR count). The van der Waals surface area contributed by atoms with E-state index in [0.29, 0.717) is 4.88 Å². The summed E-state index contributed by atoms with van der Waals surface area (Å²) in [4.78, 5) is 10.2. The summed E-state index contributed by atoms with van der Waals surface area (Å²) in [6, 6.07) is 1.40. The Labute approximate surface area is 67.2 Å². The zero-order chi connectivity index (χ0) is 8.43. The van der Waals surface area contributed by atoms with Crippen LogP contribution in [0.4, 0.5) is 5.69 Å². The van der Waals surface area contributed by atoms with Crippen molar-refractivity contribution in [1.82, 2.24) is 0 Å². The highest BCUT2D eigenvalue weighted by Crippen LogP contribution is 2.29. The molecule has 0 fully saturated rings. The van der Waals surface area contributed by atoms with Crippen molar-refractivity contribution in [3.05, 3.63) is 26.4 Å². The van der Waals surface area contributed by atoms with E-state index in [9.17, 15) is 10.1 Å². The molecule has 0 saturated carbocycles. The van der Waals surface area contributed by atoms with Gasteiger partial charge in [-0.2, -0.15) is 0 Å². The first-order valence-corrected chi connectivity index (χ1v) is 3.90. The average Bonchev–Trinajstić information content (AvgIpc) is 2.32. The first kappa shape index (κ1) is 8.16. The van der Waals surface area contributed by atoms with Gasteiger partial charge in [0.15, 0.2) is 0 Å². The molecule has 1 aromatic rings. The van der Waals surface area contributed by atoms with Gasteiger partial charge in [-0.15, -0.1) is 11.3 Å². The Morgan fingerprint density at radius 3 is 2.82 bits per heavy atom. The zero-order valence-electron chi connectivity index (χ0n) is 5.85. The van der Waals surface area contributed by atoms with Crippen LogP contribution in [0, 0.1) is 10.1 Å². The SMILES string of the molecule is C[C@H](O)c1sccc1[N+](=O)[O-]. The van der Waals surface area contributed by atoms with Gasteiger partial charge in [-0.3, -0.25) is 10.1 Å². The van der Waals surface area contributed by atoms with Crippen molar-refractivity contribution in [1.29, 1.82) is 0 Å². The Bertz CT molecular complexity index is 269. The first-order valence-electron chi connectivity index (χ1n) is 3.02. The molecule has 11 heavy (non-hydrogen) atoms. The summed E-state index contributed by atoms with van der Waals surface area (Å²) in [5.41, 5.74) is 0.00463. The molecule has 60 valence electrons. The summed E-state index contributed by atoms with van der Waals surface area (Å²) in [7, 11) is 0. The minimum Gasteiger partial charge on any atom is -0.388 e. The highest BCUT2D eigenvalue weighted by Gasteiger charge is 2.18. The number of hydrogen-bond acceptors (Lipinski definition) is 4. The van der Waals surface area contributed by atoms with E-state index in [4.69, 9.17) is 5.11 Å². The van der Waals surface area contributed by atoms with Crippen LogP contribution in [0.2, 0.25) is 0 Å². The molecular weight excluding hydrogens is 166 g/mol. The van der Waals surface area contributed by atoms with E-state index >= 15 is 0 Å². The van der Waals surface area contributed by atoms with Gasteiger partial charge in [0.2, 0.25) is 0 Å². The van der Waals surface area contributed by atoms with Crippen LogP contribution in [-0.2, 0) is 0 Å². The number of rotatable bonds is 2. The van der Waals surface area contributed by atoms with E-state index in [1.54, 1.807) is 5.38 Å². The second kappa shape index (κ2) is 2.98. The van der Waals surface area contributed by atoms with Crippen molar-refractivity contribution in [2.75, 3.05) is 0 Å². The maximum atomic E-state index is 10.3. The zero-order valence-corrected chi connectivity index (χ0v) is 6.67. The van der Waals surface area contributed by atoms with Crippen LogP contribution in [0.1, 0.15) is 17.9 Å². The molecule has 1 N–H and O–H groups in total. The van der Waals surface area contributed by atoms with Crippen molar-refractivity contribution < 1.29 is 10.0 Å². The monoisotopic (exact) mass is 173 g/mol. The van der Waals surface area contributed by atoms with Crippen LogP contribution in [0.5, 0.6) is 0 Å². The average molecular weight is 173 g/mol. The molecule has 0 saturated heterocycles. The van der Waals surface area contributed by atoms with Crippen molar-refractivity contribution in [3.63, 3.8) is 0 Å². The number of aliphatic hydroxyl groups excluding tert-OH is 1. The maximum Gasteiger partial charge on any atom is 0.285 e. The summed E-state index contributed by atoms with van der Waals surface area (Å²) >= 11 is 1.19. The van der Waals surface area contributed by atoms with Crippen molar-refractivity contribution >= 4 is 17.0 Å². The van der Waals surface area contributed by atoms with Crippen molar-refractivity contribution in [2.45, 2.75) is 13.0 Å². The fourth-order valence-electron chi connectivity index (χ4n) is 0.778. The van der Waals surface area contributed by atoms with Crippen molar-refractivity contribution in [3.8, 4) is 0 Å². The standard InChI is InChI=1S/C6H7NO3S/c1-4(8)6-5(7(9)10)2-3-11-6/h2-4,8H,1H3/t4-/m0/s1. The quantitative estimate of drug-likeness (QED) is 0.547. The summed E-state index contributed by atoms with van der Waals surface area (Å²) in [6.45, 7) is 1.51. The van der Waals surface area contributed by atoms with Crippen LogP contribution in [0.15, 0.2) is 11.4 Å². The molecule has 1 aromatic heterocycles. The maximum absolute atomic E-state index is 10.3. The lowest BCUT2D eigenvalue weighted by Gasteiger charge is -1.97. The van der Waals surface area contributed by atoms with E-state index in [0.717, 1.165) is 0 Å². The highest BCUT2D eigenvalue weighted by atomic mass is 32.1. The van der Waals surface area contributed by atoms with Crippen LogP contribution in [0.3, 0.4) is 0 Å². The molecule has 0 aliphatic rings. The van der Waals surface area contributed by atoms with Gasteiger partial charge in [0, 0.05) is 6.07 Å². The summed E-state index contributed by atoms with van der Waals surface area (Å²) in [5.74, 6) is 0. The van der Waals surface area contributed by atoms with E-state index in [2.05, 4.69) is 0 Å². The Balaban J connectivity index is 3.06. The smallest absolute Gasteiger partial charge is 0.285 e. The molecule has 1 heterocycles. The molecule has 0 spiro atoms. The summed E-state index contributed by atoms with van der Waals surface area (Å²) in [5, 5.41) is 20.9. The summed E-state index contributed by atoms with van der Waals surface area (Å²) in [6.07, 6.45) is -0.754. The van der Waals surface area contributed by atoms with E-state index in [-0.39, 0.29) is 5.69 Å². The molecule has 4 nitrogen and oxygen atoms in total. The molecule has 0 radical (unpaired) electrons. The molecule has 0 aliphatic carbocycles. The first-order chi connectivity index (χ1) is 5.13. The molecular formula is C6H7NO3S.